The van der Waals surface area contributed by atoms with Crippen LogP contribution in [0.4, 0.5) is 4.39 Å². The molecule has 0 bridgehead atoms. The highest BCUT2D eigenvalue weighted by Crippen LogP contribution is 2.29. The molecular formula is C19H20FNO3. The minimum Gasteiger partial charge on any atom is -0.469 e. The first-order valence-corrected chi connectivity index (χ1v) is 7.74. The maximum atomic E-state index is 14.2. The maximum absolute atomic E-state index is 14.2. The molecule has 0 heterocycles. The number of carbonyl (C=O) groups is 2. The summed E-state index contributed by atoms with van der Waals surface area (Å²) in [4.78, 5) is 23.3. The first kappa shape index (κ1) is 17.7. The van der Waals surface area contributed by atoms with Crippen LogP contribution in [-0.2, 0) is 14.3 Å². The predicted molar refractivity (Wildman–Crippen MR) is 88.9 cm³/mol. The molecule has 0 aliphatic carbocycles. The molecule has 24 heavy (non-hydrogen) atoms. The number of ether oxygens (including phenoxy) is 1. The van der Waals surface area contributed by atoms with Crippen molar-refractivity contribution in [3.05, 3.63) is 71.5 Å². The molecular weight excluding hydrogens is 309 g/mol. The minimum absolute atomic E-state index is 0.103. The predicted octanol–water partition coefficient (Wildman–Crippen LogP) is 3.03. The van der Waals surface area contributed by atoms with E-state index in [1.807, 2.05) is 30.3 Å². The fourth-order valence-electron chi connectivity index (χ4n) is 2.51. The van der Waals surface area contributed by atoms with E-state index in [1.165, 1.54) is 13.2 Å². The molecule has 0 saturated carbocycles. The van der Waals surface area contributed by atoms with Crippen molar-refractivity contribution in [1.82, 2.24) is 5.32 Å². The third-order valence-electron chi connectivity index (χ3n) is 3.75. The summed E-state index contributed by atoms with van der Waals surface area (Å²) in [7, 11) is 1.30. The number of benzene rings is 2. The van der Waals surface area contributed by atoms with E-state index in [0.717, 1.165) is 5.56 Å². The summed E-state index contributed by atoms with van der Waals surface area (Å²) in [5.74, 6) is -1.35. The lowest BCUT2D eigenvalue weighted by atomic mass is 9.88. The summed E-state index contributed by atoms with van der Waals surface area (Å²) >= 11 is 0. The number of amides is 1. The lowest BCUT2D eigenvalue weighted by Gasteiger charge is -2.18. The summed E-state index contributed by atoms with van der Waals surface area (Å²) in [6, 6.07) is 15.8. The Bertz CT molecular complexity index is 688. The van der Waals surface area contributed by atoms with Crippen molar-refractivity contribution >= 4 is 11.9 Å². The minimum atomic E-state index is -0.385. The molecule has 0 saturated heterocycles. The van der Waals surface area contributed by atoms with Crippen LogP contribution >= 0.6 is 0 Å². The van der Waals surface area contributed by atoms with Gasteiger partial charge in [0.15, 0.2) is 0 Å². The number of carbonyl (C=O) groups excluding carboxylic acids is 2. The van der Waals surface area contributed by atoms with Gasteiger partial charge < -0.3 is 10.1 Å². The van der Waals surface area contributed by atoms with E-state index in [9.17, 15) is 14.0 Å². The van der Waals surface area contributed by atoms with E-state index in [2.05, 4.69) is 10.1 Å². The second-order valence-electron chi connectivity index (χ2n) is 5.36. The fourth-order valence-corrected chi connectivity index (χ4v) is 2.51. The van der Waals surface area contributed by atoms with Crippen molar-refractivity contribution in [3.63, 3.8) is 0 Å². The second kappa shape index (κ2) is 8.82. The van der Waals surface area contributed by atoms with E-state index >= 15 is 0 Å². The van der Waals surface area contributed by atoms with Gasteiger partial charge in [-0.05, 0) is 17.2 Å². The number of esters is 1. The molecule has 0 unspecified atom stereocenters. The third-order valence-corrected chi connectivity index (χ3v) is 3.75. The Labute approximate surface area is 140 Å². The van der Waals surface area contributed by atoms with Crippen LogP contribution in [0.25, 0.3) is 0 Å². The van der Waals surface area contributed by atoms with Crippen LogP contribution < -0.4 is 5.32 Å². The van der Waals surface area contributed by atoms with Crippen LogP contribution in [0.15, 0.2) is 54.6 Å². The molecule has 0 aromatic heterocycles. The van der Waals surface area contributed by atoms with Crippen molar-refractivity contribution in [3.8, 4) is 0 Å². The first-order valence-electron chi connectivity index (χ1n) is 7.74. The van der Waals surface area contributed by atoms with Crippen molar-refractivity contribution < 1.29 is 18.7 Å². The smallest absolute Gasteiger partial charge is 0.307 e. The Hall–Kier alpha value is -2.69. The highest BCUT2D eigenvalue weighted by atomic mass is 19.1. The van der Waals surface area contributed by atoms with E-state index in [0.29, 0.717) is 5.56 Å². The van der Waals surface area contributed by atoms with Crippen LogP contribution in [0.1, 0.15) is 29.9 Å². The van der Waals surface area contributed by atoms with Crippen LogP contribution in [0.2, 0.25) is 0 Å². The molecule has 2 rings (SSSR count). The van der Waals surface area contributed by atoms with E-state index in [4.69, 9.17) is 0 Å². The molecule has 0 spiro atoms. The average Bonchev–Trinajstić information content (AvgIpc) is 2.61. The van der Waals surface area contributed by atoms with Crippen LogP contribution in [-0.4, -0.2) is 25.5 Å². The van der Waals surface area contributed by atoms with Gasteiger partial charge in [0, 0.05) is 18.9 Å². The molecule has 126 valence electrons. The van der Waals surface area contributed by atoms with E-state index in [1.54, 1.807) is 18.2 Å². The summed E-state index contributed by atoms with van der Waals surface area (Å²) in [6.45, 7) is 0.199. The van der Waals surface area contributed by atoms with Crippen molar-refractivity contribution in [2.45, 2.75) is 18.8 Å². The zero-order chi connectivity index (χ0) is 17.4. The van der Waals surface area contributed by atoms with Gasteiger partial charge in [0.1, 0.15) is 5.82 Å². The van der Waals surface area contributed by atoms with Gasteiger partial charge in [0.05, 0.1) is 13.5 Å². The maximum Gasteiger partial charge on any atom is 0.307 e. The number of hydrogen-bond donors (Lipinski definition) is 1. The van der Waals surface area contributed by atoms with Gasteiger partial charge in [-0.3, -0.25) is 9.59 Å². The summed E-state index contributed by atoms with van der Waals surface area (Å²) in [6.07, 6.45) is 0.212. The van der Waals surface area contributed by atoms with Gasteiger partial charge >= 0.3 is 5.97 Å². The Morgan fingerprint density at radius 3 is 2.42 bits per heavy atom. The van der Waals surface area contributed by atoms with E-state index < -0.39 is 0 Å². The summed E-state index contributed by atoms with van der Waals surface area (Å²) in [5.41, 5.74) is 1.34. The molecule has 1 amide bonds. The van der Waals surface area contributed by atoms with Crippen LogP contribution in [0.3, 0.4) is 0 Å². The lowest BCUT2D eigenvalue weighted by Crippen LogP contribution is -2.28. The largest absolute Gasteiger partial charge is 0.469 e. The molecule has 0 aliphatic heterocycles. The van der Waals surface area contributed by atoms with Crippen molar-refractivity contribution in [2.75, 3.05) is 13.7 Å². The zero-order valence-electron chi connectivity index (χ0n) is 13.5. The molecule has 0 radical (unpaired) electrons. The van der Waals surface area contributed by atoms with E-state index in [-0.39, 0.29) is 43.0 Å². The van der Waals surface area contributed by atoms with Crippen molar-refractivity contribution in [1.29, 1.82) is 0 Å². The number of nitrogens with one attached hydrogen (secondary N) is 1. The molecule has 0 fully saturated rings. The molecule has 1 atom stereocenters. The van der Waals surface area contributed by atoms with Crippen LogP contribution in [0, 0.1) is 5.82 Å². The molecule has 1 N–H and O–H groups in total. The first-order chi connectivity index (χ1) is 11.6. The standard InChI is InChI=1S/C19H20FNO3/c1-24-19(23)11-12-21-18(22)13-16(14-7-3-2-4-8-14)15-9-5-6-10-17(15)20/h2-10,16H,11-13H2,1H3,(H,21,22)/t16-/m0/s1. The van der Waals surface area contributed by atoms with Crippen molar-refractivity contribution in [2.24, 2.45) is 0 Å². The third kappa shape index (κ3) is 4.91. The normalized spacial score (nSPS) is 11.6. The number of methoxy groups -OCH3 is 1. The highest BCUT2D eigenvalue weighted by molar-refractivity contribution is 5.78. The molecule has 5 heteroatoms. The molecule has 0 aliphatic rings. The Morgan fingerprint density at radius 1 is 1.08 bits per heavy atom. The zero-order valence-corrected chi connectivity index (χ0v) is 13.5. The Balaban J connectivity index is 2.11. The van der Waals surface area contributed by atoms with Gasteiger partial charge in [-0.15, -0.1) is 0 Å². The monoisotopic (exact) mass is 329 g/mol. The second-order valence-corrected chi connectivity index (χ2v) is 5.36. The summed E-state index contributed by atoms with van der Waals surface area (Å²) < 4.78 is 18.7. The molecule has 2 aromatic rings. The number of hydrogen-bond acceptors (Lipinski definition) is 3. The van der Waals surface area contributed by atoms with Gasteiger partial charge in [-0.25, -0.2) is 4.39 Å². The highest BCUT2D eigenvalue weighted by Gasteiger charge is 2.21. The van der Waals surface area contributed by atoms with Crippen LogP contribution in [0.5, 0.6) is 0 Å². The number of rotatable bonds is 7. The van der Waals surface area contributed by atoms with Gasteiger partial charge in [0.2, 0.25) is 5.91 Å². The van der Waals surface area contributed by atoms with Gasteiger partial charge in [-0.2, -0.15) is 0 Å². The van der Waals surface area contributed by atoms with Gasteiger partial charge in [-0.1, -0.05) is 48.5 Å². The Kier molecular flexibility index (Phi) is 6.49. The fraction of sp³-hybridized carbons (Fsp3) is 0.263. The average molecular weight is 329 g/mol. The lowest BCUT2D eigenvalue weighted by molar-refractivity contribution is -0.140. The summed E-state index contributed by atoms with van der Waals surface area (Å²) in [5, 5.41) is 2.68. The topological polar surface area (TPSA) is 55.4 Å². The SMILES string of the molecule is COC(=O)CCNC(=O)C[C@@H](c1ccccc1)c1ccccc1F. The molecule has 2 aromatic carbocycles. The quantitative estimate of drug-likeness (QED) is 0.795. The molecule has 4 nitrogen and oxygen atoms in total. The Morgan fingerprint density at radius 2 is 1.75 bits per heavy atom. The number of halogens is 1. The van der Waals surface area contributed by atoms with Gasteiger partial charge in [0.25, 0.3) is 0 Å².